The monoisotopic (exact) mass is 228 g/mol. The molecule has 0 saturated carbocycles. The fraction of sp³-hybridized carbons (Fsp3) is 0.385. The van der Waals surface area contributed by atoms with Crippen LogP contribution in [-0.2, 0) is 11.6 Å². The first-order valence-electron chi connectivity index (χ1n) is 5.06. The van der Waals surface area contributed by atoms with Gasteiger partial charge >= 0.3 is 6.18 Å². The normalized spacial score (nSPS) is 12.6. The van der Waals surface area contributed by atoms with Gasteiger partial charge in [0, 0.05) is 0 Å². The van der Waals surface area contributed by atoms with Crippen molar-refractivity contribution in [3.8, 4) is 0 Å². The third-order valence-electron chi connectivity index (χ3n) is 2.65. The number of halogens is 3. The van der Waals surface area contributed by atoms with Crippen molar-refractivity contribution < 1.29 is 13.2 Å². The molecule has 0 fully saturated rings. The molecule has 1 rings (SSSR count). The molecule has 0 atom stereocenters. The van der Waals surface area contributed by atoms with Gasteiger partial charge in [0.05, 0.1) is 5.56 Å². The Labute approximate surface area is 93.8 Å². The topological polar surface area (TPSA) is 0 Å². The summed E-state index contributed by atoms with van der Waals surface area (Å²) in [6.07, 6.45) is -1.75. The van der Waals surface area contributed by atoms with E-state index in [4.69, 9.17) is 0 Å². The molecule has 0 aliphatic heterocycles. The largest absolute Gasteiger partial charge is 0.416 e. The van der Waals surface area contributed by atoms with Crippen LogP contribution in [0.25, 0.3) is 0 Å². The Kier molecular flexibility index (Phi) is 3.46. The van der Waals surface area contributed by atoms with Crippen LogP contribution in [0.3, 0.4) is 0 Å². The number of benzene rings is 1. The third kappa shape index (κ3) is 2.87. The molecule has 0 unspecified atom stereocenters. The molecule has 0 aliphatic carbocycles. The van der Waals surface area contributed by atoms with E-state index in [-0.39, 0.29) is 5.41 Å². The van der Waals surface area contributed by atoms with Crippen molar-refractivity contribution in [1.82, 2.24) is 0 Å². The van der Waals surface area contributed by atoms with Crippen LogP contribution in [0.5, 0.6) is 0 Å². The van der Waals surface area contributed by atoms with Crippen molar-refractivity contribution in [2.45, 2.75) is 31.9 Å². The van der Waals surface area contributed by atoms with Crippen molar-refractivity contribution >= 4 is 0 Å². The minimum Gasteiger partial charge on any atom is -0.166 e. The molecule has 0 aliphatic rings. The molecule has 0 radical (unpaired) electrons. The van der Waals surface area contributed by atoms with E-state index in [0.717, 1.165) is 24.1 Å². The van der Waals surface area contributed by atoms with E-state index in [0.29, 0.717) is 0 Å². The summed E-state index contributed by atoms with van der Waals surface area (Å²) >= 11 is 0. The van der Waals surface area contributed by atoms with E-state index in [9.17, 15) is 13.2 Å². The van der Waals surface area contributed by atoms with E-state index in [1.54, 1.807) is 6.08 Å². The van der Waals surface area contributed by atoms with E-state index in [2.05, 4.69) is 6.58 Å². The van der Waals surface area contributed by atoms with Gasteiger partial charge in [0.2, 0.25) is 0 Å². The fourth-order valence-electron chi connectivity index (χ4n) is 1.59. The zero-order chi connectivity index (χ0) is 12.4. The number of alkyl halides is 3. The first-order chi connectivity index (χ1) is 7.27. The minimum absolute atomic E-state index is 0.175. The van der Waals surface area contributed by atoms with Gasteiger partial charge in [-0.3, -0.25) is 0 Å². The molecule has 0 aromatic heterocycles. The number of hydrogen-bond donors (Lipinski definition) is 0. The molecule has 16 heavy (non-hydrogen) atoms. The Morgan fingerprint density at radius 3 is 1.88 bits per heavy atom. The van der Waals surface area contributed by atoms with Crippen molar-refractivity contribution in [3.63, 3.8) is 0 Å². The van der Waals surface area contributed by atoms with E-state index in [1.807, 2.05) is 13.8 Å². The molecule has 0 bridgehead atoms. The number of hydrogen-bond acceptors (Lipinski definition) is 0. The highest BCUT2D eigenvalue weighted by Gasteiger charge is 2.30. The maximum Gasteiger partial charge on any atom is 0.416 e. The standard InChI is InChI=1S/C13H15F3/c1-4-9-12(2,3)10-5-7-11(8-6-10)13(14,15)16/h4-8H,1,9H2,2-3H3. The van der Waals surface area contributed by atoms with E-state index < -0.39 is 11.7 Å². The molecule has 0 amide bonds. The molecule has 0 spiro atoms. The SMILES string of the molecule is C=CCC(C)(C)c1ccc(C(F)(F)F)cc1. The summed E-state index contributed by atoms with van der Waals surface area (Å²) in [5.41, 5.74) is 0.109. The lowest BCUT2D eigenvalue weighted by molar-refractivity contribution is -0.137. The maximum atomic E-state index is 12.3. The smallest absolute Gasteiger partial charge is 0.166 e. The Morgan fingerprint density at radius 2 is 1.50 bits per heavy atom. The second-order valence-corrected chi connectivity index (χ2v) is 4.45. The zero-order valence-corrected chi connectivity index (χ0v) is 9.43. The van der Waals surface area contributed by atoms with E-state index >= 15 is 0 Å². The Bertz CT molecular complexity index is 358. The molecule has 0 nitrogen and oxygen atoms in total. The first-order valence-corrected chi connectivity index (χ1v) is 5.06. The highest BCUT2D eigenvalue weighted by atomic mass is 19.4. The summed E-state index contributed by atoms with van der Waals surface area (Å²) in [6, 6.07) is 5.32. The van der Waals surface area contributed by atoms with Gasteiger partial charge in [0.15, 0.2) is 0 Å². The van der Waals surface area contributed by atoms with Gasteiger partial charge in [-0.1, -0.05) is 32.1 Å². The highest BCUT2D eigenvalue weighted by molar-refractivity contribution is 5.29. The molecule has 0 N–H and O–H groups in total. The van der Waals surface area contributed by atoms with Crippen molar-refractivity contribution in [2.75, 3.05) is 0 Å². The van der Waals surface area contributed by atoms with Gasteiger partial charge in [0.1, 0.15) is 0 Å². The lowest BCUT2D eigenvalue weighted by Crippen LogP contribution is -2.16. The van der Waals surface area contributed by atoms with Crippen LogP contribution >= 0.6 is 0 Å². The minimum atomic E-state index is -4.26. The molecule has 88 valence electrons. The summed E-state index contributed by atoms with van der Waals surface area (Å²) in [6.45, 7) is 7.62. The van der Waals surface area contributed by atoms with Gasteiger partial charge in [-0.05, 0) is 29.5 Å². The van der Waals surface area contributed by atoms with Crippen molar-refractivity contribution in [2.24, 2.45) is 0 Å². The zero-order valence-electron chi connectivity index (χ0n) is 9.43. The summed E-state index contributed by atoms with van der Waals surface area (Å²) in [7, 11) is 0. The third-order valence-corrected chi connectivity index (χ3v) is 2.65. The molecule has 1 aromatic carbocycles. The summed E-state index contributed by atoms with van der Waals surface area (Å²) in [5.74, 6) is 0. The van der Waals surface area contributed by atoms with Crippen LogP contribution in [0.4, 0.5) is 13.2 Å². The van der Waals surface area contributed by atoms with Crippen LogP contribution in [0.15, 0.2) is 36.9 Å². The summed E-state index contributed by atoms with van der Waals surface area (Å²) < 4.78 is 37.0. The predicted molar refractivity (Wildman–Crippen MR) is 59.3 cm³/mol. The fourth-order valence-corrected chi connectivity index (χ4v) is 1.59. The molecular formula is C13H15F3. The average molecular weight is 228 g/mol. The van der Waals surface area contributed by atoms with Crippen molar-refractivity contribution in [3.05, 3.63) is 48.0 Å². The quantitative estimate of drug-likeness (QED) is 0.665. The highest BCUT2D eigenvalue weighted by Crippen LogP contribution is 2.32. The lowest BCUT2D eigenvalue weighted by Gasteiger charge is -2.24. The van der Waals surface area contributed by atoms with Gasteiger partial charge in [-0.2, -0.15) is 13.2 Å². The van der Waals surface area contributed by atoms with Crippen LogP contribution < -0.4 is 0 Å². The van der Waals surface area contributed by atoms with E-state index in [1.165, 1.54) is 12.1 Å². The Hall–Kier alpha value is -1.25. The van der Waals surface area contributed by atoms with Gasteiger partial charge in [-0.25, -0.2) is 0 Å². The van der Waals surface area contributed by atoms with Gasteiger partial charge < -0.3 is 0 Å². The number of rotatable bonds is 3. The van der Waals surface area contributed by atoms with Gasteiger partial charge in [-0.15, -0.1) is 6.58 Å². The Morgan fingerprint density at radius 1 is 1.06 bits per heavy atom. The Balaban J connectivity index is 2.99. The molecule has 1 aromatic rings. The van der Waals surface area contributed by atoms with Crippen LogP contribution in [-0.4, -0.2) is 0 Å². The van der Waals surface area contributed by atoms with Crippen LogP contribution in [0.2, 0.25) is 0 Å². The van der Waals surface area contributed by atoms with Gasteiger partial charge in [0.25, 0.3) is 0 Å². The second kappa shape index (κ2) is 4.32. The summed E-state index contributed by atoms with van der Waals surface area (Å²) in [5, 5.41) is 0. The average Bonchev–Trinajstić information content (AvgIpc) is 2.16. The van der Waals surface area contributed by atoms with Crippen molar-refractivity contribution in [1.29, 1.82) is 0 Å². The molecular weight excluding hydrogens is 213 g/mol. The number of allylic oxidation sites excluding steroid dienone is 1. The maximum absolute atomic E-state index is 12.3. The van der Waals surface area contributed by atoms with Crippen LogP contribution in [0, 0.1) is 0 Å². The molecule has 0 saturated heterocycles. The first kappa shape index (κ1) is 12.8. The second-order valence-electron chi connectivity index (χ2n) is 4.45. The summed E-state index contributed by atoms with van der Waals surface area (Å²) in [4.78, 5) is 0. The van der Waals surface area contributed by atoms with Crippen LogP contribution in [0.1, 0.15) is 31.4 Å². The lowest BCUT2D eigenvalue weighted by atomic mass is 9.81. The molecule has 0 heterocycles. The predicted octanol–water partition coefficient (Wildman–Crippen LogP) is 4.56. The molecule has 3 heteroatoms.